The first-order chi connectivity index (χ1) is 18.5. The van der Waals surface area contributed by atoms with Crippen molar-refractivity contribution in [1.29, 1.82) is 0 Å². The normalized spacial score (nSPS) is 10.7. The zero-order chi connectivity index (χ0) is 26.5. The van der Waals surface area contributed by atoms with Crippen molar-refractivity contribution in [3.05, 3.63) is 108 Å². The molecule has 0 spiro atoms. The Hall–Kier alpha value is -4.91. The quantitative estimate of drug-likeness (QED) is 0.205. The molecule has 1 aromatic heterocycles. The van der Waals surface area contributed by atoms with Gasteiger partial charge in [0.15, 0.2) is 0 Å². The number of rotatable bonds is 8. The topological polar surface area (TPSA) is 88.2 Å². The molecule has 0 aliphatic carbocycles. The first-order valence-electron chi connectivity index (χ1n) is 12.5. The molecule has 5 rings (SSSR count). The zero-order valence-electron chi connectivity index (χ0n) is 21.6. The summed E-state index contributed by atoms with van der Waals surface area (Å²) in [5.74, 6) is 1.53. The number of hydrogen-bond acceptors (Lipinski definition) is 6. The van der Waals surface area contributed by atoms with Crippen molar-refractivity contribution in [2.75, 3.05) is 22.6 Å². The minimum Gasteiger partial charge on any atom is -0.493 e. The standard InChI is InChI=1S/C31H29N5O2/c1-4-38-27-18-11-22-7-5-6-8-26(22)29(27)30(37)34-24-16-14-23(15-17-24)33-28-19-21(3)32-31(36-28)35-25-12-9-20(2)10-13-25/h5-19H,4H2,1-3H3,(H,34,37)(H2,32,33,35,36). The number of aryl methyl sites for hydroxylation is 2. The predicted molar refractivity (Wildman–Crippen MR) is 154 cm³/mol. The number of hydrogen-bond donors (Lipinski definition) is 3. The zero-order valence-corrected chi connectivity index (χ0v) is 21.6. The van der Waals surface area contributed by atoms with Gasteiger partial charge in [0.25, 0.3) is 5.91 Å². The van der Waals surface area contributed by atoms with Crippen LogP contribution < -0.4 is 20.7 Å². The average Bonchev–Trinajstić information content (AvgIpc) is 2.91. The summed E-state index contributed by atoms with van der Waals surface area (Å²) in [6.45, 7) is 6.36. The van der Waals surface area contributed by atoms with Crippen LogP contribution in [-0.2, 0) is 0 Å². The molecule has 0 unspecified atom stereocenters. The van der Waals surface area contributed by atoms with Gasteiger partial charge in [-0.15, -0.1) is 0 Å². The van der Waals surface area contributed by atoms with E-state index in [2.05, 4.69) is 25.9 Å². The molecule has 38 heavy (non-hydrogen) atoms. The second-order valence-corrected chi connectivity index (χ2v) is 8.96. The van der Waals surface area contributed by atoms with E-state index in [0.717, 1.165) is 27.8 Å². The van der Waals surface area contributed by atoms with E-state index in [9.17, 15) is 4.79 Å². The maximum atomic E-state index is 13.3. The van der Waals surface area contributed by atoms with Crippen LogP contribution in [-0.4, -0.2) is 22.5 Å². The third-order valence-corrected chi connectivity index (χ3v) is 5.99. The number of benzene rings is 4. The van der Waals surface area contributed by atoms with Gasteiger partial charge in [0, 0.05) is 28.8 Å². The Kier molecular flexibility index (Phi) is 7.17. The molecule has 0 fully saturated rings. The number of fused-ring (bicyclic) bond motifs is 1. The molecular formula is C31H29N5O2. The van der Waals surface area contributed by atoms with E-state index in [1.807, 2.05) is 112 Å². The first kappa shape index (κ1) is 24.8. The van der Waals surface area contributed by atoms with Crippen LogP contribution in [0.5, 0.6) is 5.75 Å². The van der Waals surface area contributed by atoms with Gasteiger partial charge in [0.2, 0.25) is 5.95 Å². The van der Waals surface area contributed by atoms with Crippen LogP contribution in [0, 0.1) is 13.8 Å². The lowest BCUT2D eigenvalue weighted by Gasteiger charge is -2.14. The Bertz CT molecular complexity index is 1580. The van der Waals surface area contributed by atoms with Gasteiger partial charge >= 0.3 is 0 Å². The van der Waals surface area contributed by atoms with E-state index in [1.165, 1.54) is 5.56 Å². The lowest BCUT2D eigenvalue weighted by molar-refractivity contribution is 0.102. The Labute approximate surface area is 221 Å². The highest BCUT2D eigenvalue weighted by Crippen LogP contribution is 2.29. The van der Waals surface area contributed by atoms with Gasteiger partial charge in [0.1, 0.15) is 11.6 Å². The molecule has 0 radical (unpaired) electrons. The van der Waals surface area contributed by atoms with E-state index in [4.69, 9.17) is 4.74 Å². The van der Waals surface area contributed by atoms with E-state index < -0.39 is 0 Å². The lowest BCUT2D eigenvalue weighted by Crippen LogP contribution is -2.14. The summed E-state index contributed by atoms with van der Waals surface area (Å²) in [4.78, 5) is 22.4. The number of ether oxygens (including phenoxy) is 1. The first-order valence-corrected chi connectivity index (χ1v) is 12.5. The second-order valence-electron chi connectivity index (χ2n) is 8.96. The van der Waals surface area contributed by atoms with Crippen molar-refractivity contribution < 1.29 is 9.53 Å². The monoisotopic (exact) mass is 503 g/mol. The number of amides is 1. The van der Waals surface area contributed by atoms with Gasteiger partial charge in [-0.05, 0) is 74.0 Å². The van der Waals surface area contributed by atoms with Crippen molar-refractivity contribution in [3.8, 4) is 5.75 Å². The minimum atomic E-state index is -0.218. The average molecular weight is 504 g/mol. The fourth-order valence-electron chi connectivity index (χ4n) is 4.19. The summed E-state index contributed by atoms with van der Waals surface area (Å²) in [6, 6.07) is 29.1. The third-order valence-electron chi connectivity index (χ3n) is 5.99. The van der Waals surface area contributed by atoms with Crippen LogP contribution in [0.15, 0.2) is 91.0 Å². The van der Waals surface area contributed by atoms with Crippen molar-refractivity contribution in [3.63, 3.8) is 0 Å². The van der Waals surface area contributed by atoms with Crippen LogP contribution in [0.4, 0.5) is 28.8 Å². The smallest absolute Gasteiger partial charge is 0.260 e. The van der Waals surface area contributed by atoms with Crippen LogP contribution in [0.3, 0.4) is 0 Å². The predicted octanol–water partition coefficient (Wildman–Crippen LogP) is 7.38. The van der Waals surface area contributed by atoms with E-state index in [-0.39, 0.29) is 5.91 Å². The summed E-state index contributed by atoms with van der Waals surface area (Å²) in [7, 11) is 0. The summed E-state index contributed by atoms with van der Waals surface area (Å²) < 4.78 is 5.76. The van der Waals surface area contributed by atoms with Gasteiger partial charge in [-0.2, -0.15) is 4.98 Å². The van der Waals surface area contributed by atoms with Crippen LogP contribution in [0.2, 0.25) is 0 Å². The van der Waals surface area contributed by atoms with Crippen molar-refractivity contribution >= 4 is 45.5 Å². The Morgan fingerprint density at radius 3 is 2.24 bits per heavy atom. The van der Waals surface area contributed by atoms with Crippen LogP contribution in [0.1, 0.15) is 28.5 Å². The molecule has 0 bridgehead atoms. The molecule has 0 aliphatic heterocycles. The molecular weight excluding hydrogens is 474 g/mol. The third kappa shape index (κ3) is 5.73. The SMILES string of the molecule is CCOc1ccc2ccccc2c1C(=O)Nc1ccc(Nc2cc(C)nc(Nc3ccc(C)cc3)n2)cc1. The van der Waals surface area contributed by atoms with E-state index in [0.29, 0.717) is 35.4 Å². The molecule has 0 aliphatic rings. The Balaban J connectivity index is 1.31. The van der Waals surface area contributed by atoms with E-state index >= 15 is 0 Å². The lowest BCUT2D eigenvalue weighted by atomic mass is 10.0. The molecule has 1 amide bonds. The fraction of sp³-hybridized carbons (Fsp3) is 0.129. The fourth-order valence-corrected chi connectivity index (χ4v) is 4.19. The summed E-state index contributed by atoms with van der Waals surface area (Å²) >= 11 is 0. The van der Waals surface area contributed by atoms with Gasteiger partial charge in [-0.3, -0.25) is 4.79 Å². The summed E-state index contributed by atoms with van der Waals surface area (Å²) in [5.41, 5.74) is 4.98. The van der Waals surface area contributed by atoms with Gasteiger partial charge in [-0.25, -0.2) is 4.98 Å². The Morgan fingerprint density at radius 2 is 1.47 bits per heavy atom. The van der Waals surface area contributed by atoms with Crippen LogP contribution >= 0.6 is 0 Å². The number of anilines is 5. The number of nitrogens with one attached hydrogen (secondary N) is 3. The molecule has 7 nitrogen and oxygen atoms in total. The highest BCUT2D eigenvalue weighted by Gasteiger charge is 2.17. The van der Waals surface area contributed by atoms with Gasteiger partial charge in [0.05, 0.1) is 12.2 Å². The highest BCUT2D eigenvalue weighted by atomic mass is 16.5. The highest BCUT2D eigenvalue weighted by molar-refractivity contribution is 6.15. The van der Waals surface area contributed by atoms with Gasteiger partial charge in [-0.1, -0.05) is 48.0 Å². The molecule has 1 heterocycles. The summed E-state index contributed by atoms with van der Waals surface area (Å²) in [5, 5.41) is 11.4. The van der Waals surface area contributed by atoms with Gasteiger partial charge < -0.3 is 20.7 Å². The second kappa shape index (κ2) is 11.0. The maximum Gasteiger partial charge on any atom is 0.260 e. The van der Waals surface area contributed by atoms with Crippen molar-refractivity contribution in [2.45, 2.75) is 20.8 Å². The number of carbonyl (C=O) groups is 1. The molecule has 5 aromatic rings. The molecule has 0 atom stereocenters. The Morgan fingerprint density at radius 1 is 0.789 bits per heavy atom. The minimum absolute atomic E-state index is 0.218. The van der Waals surface area contributed by atoms with E-state index in [1.54, 1.807) is 0 Å². The number of carbonyl (C=O) groups excluding carboxylic acids is 1. The maximum absolute atomic E-state index is 13.3. The molecule has 190 valence electrons. The number of nitrogens with zero attached hydrogens (tertiary/aromatic N) is 2. The molecule has 3 N–H and O–H groups in total. The molecule has 0 saturated carbocycles. The molecule has 0 saturated heterocycles. The molecule has 4 aromatic carbocycles. The number of aromatic nitrogens is 2. The van der Waals surface area contributed by atoms with Crippen molar-refractivity contribution in [2.24, 2.45) is 0 Å². The largest absolute Gasteiger partial charge is 0.493 e. The molecule has 7 heteroatoms. The summed E-state index contributed by atoms with van der Waals surface area (Å²) in [6.07, 6.45) is 0. The van der Waals surface area contributed by atoms with Crippen molar-refractivity contribution in [1.82, 2.24) is 9.97 Å². The van der Waals surface area contributed by atoms with Crippen LogP contribution in [0.25, 0.3) is 10.8 Å².